The van der Waals surface area contributed by atoms with Crippen LogP contribution in [0, 0.1) is 11.3 Å². The molecule has 0 saturated carbocycles. The Bertz CT molecular complexity index is 569. The molecule has 0 fully saturated rings. The standard InChI is InChI=1S/C10H12N6OS/c1-3-4-8-7(5-11)12-15-16(8)10-14-13-9(18-10)6-17-2/h3-4,6H2,1-2H3. The van der Waals surface area contributed by atoms with Gasteiger partial charge in [0, 0.05) is 7.11 Å². The molecule has 2 aromatic heterocycles. The van der Waals surface area contributed by atoms with Crippen LogP contribution in [-0.2, 0) is 17.8 Å². The molecule has 2 heterocycles. The van der Waals surface area contributed by atoms with Crippen molar-refractivity contribution in [2.45, 2.75) is 26.4 Å². The summed E-state index contributed by atoms with van der Waals surface area (Å²) in [5.74, 6) is 0. The van der Waals surface area contributed by atoms with Crippen LogP contribution in [0.15, 0.2) is 0 Å². The molecule has 0 unspecified atom stereocenters. The maximum atomic E-state index is 8.98. The van der Waals surface area contributed by atoms with Crippen molar-refractivity contribution in [2.75, 3.05) is 7.11 Å². The summed E-state index contributed by atoms with van der Waals surface area (Å²) in [7, 11) is 1.60. The van der Waals surface area contributed by atoms with Crippen molar-refractivity contribution < 1.29 is 4.74 Å². The van der Waals surface area contributed by atoms with E-state index >= 15 is 0 Å². The van der Waals surface area contributed by atoms with Gasteiger partial charge in [-0.05, 0) is 6.42 Å². The van der Waals surface area contributed by atoms with Gasteiger partial charge in [-0.15, -0.1) is 15.3 Å². The van der Waals surface area contributed by atoms with Crippen molar-refractivity contribution >= 4 is 11.3 Å². The van der Waals surface area contributed by atoms with E-state index < -0.39 is 0 Å². The minimum atomic E-state index is 0.348. The zero-order valence-electron chi connectivity index (χ0n) is 10.1. The van der Waals surface area contributed by atoms with E-state index in [0.717, 1.165) is 23.5 Å². The third-order valence-electron chi connectivity index (χ3n) is 2.26. The molecule has 0 radical (unpaired) electrons. The van der Waals surface area contributed by atoms with E-state index in [0.29, 0.717) is 17.4 Å². The molecule has 94 valence electrons. The topological polar surface area (TPSA) is 89.5 Å². The summed E-state index contributed by atoms with van der Waals surface area (Å²) in [6.07, 6.45) is 1.64. The van der Waals surface area contributed by atoms with E-state index in [1.165, 1.54) is 11.3 Å². The Hall–Kier alpha value is -1.85. The molecule has 0 saturated heterocycles. The third kappa shape index (κ3) is 2.37. The summed E-state index contributed by atoms with van der Waals surface area (Å²) in [6, 6.07) is 2.04. The molecule has 0 amide bonds. The van der Waals surface area contributed by atoms with Crippen molar-refractivity contribution in [3.8, 4) is 11.2 Å². The summed E-state index contributed by atoms with van der Waals surface area (Å²) in [6.45, 7) is 2.45. The van der Waals surface area contributed by atoms with E-state index in [2.05, 4.69) is 20.5 Å². The number of hydrogen-bond acceptors (Lipinski definition) is 7. The first-order chi connectivity index (χ1) is 8.80. The fraction of sp³-hybridized carbons (Fsp3) is 0.500. The molecule has 7 nitrogen and oxygen atoms in total. The van der Waals surface area contributed by atoms with Crippen LogP contribution in [0.2, 0.25) is 0 Å². The first kappa shape index (κ1) is 12.6. The molecule has 2 rings (SSSR count). The van der Waals surface area contributed by atoms with Crippen molar-refractivity contribution in [2.24, 2.45) is 0 Å². The average Bonchev–Trinajstić information content (AvgIpc) is 2.96. The summed E-state index contributed by atoms with van der Waals surface area (Å²) in [5.41, 5.74) is 1.13. The molecule has 0 spiro atoms. The van der Waals surface area contributed by atoms with Gasteiger partial charge in [-0.1, -0.05) is 29.9 Å². The summed E-state index contributed by atoms with van der Waals surface area (Å²) in [5, 5.41) is 26.2. The van der Waals surface area contributed by atoms with Gasteiger partial charge in [0.2, 0.25) is 5.13 Å². The predicted molar refractivity (Wildman–Crippen MR) is 64.2 cm³/mol. The van der Waals surface area contributed by atoms with Crippen LogP contribution in [0.3, 0.4) is 0 Å². The monoisotopic (exact) mass is 264 g/mol. The van der Waals surface area contributed by atoms with Crippen molar-refractivity contribution in [1.82, 2.24) is 25.2 Å². The number of hydrogen-bond donors (Lipinski definition) is 0. The van der Waals surface area contributed by atoms with Gasteiger partial charge in [-0.2, -0.15) is 9.94 Å². The van der Waals surface area contributed by atoms with Crippen molar-refractivity contribution in [3.63, 3.8) is 0 Å². The average molecular weight is 264 g/mol. The molecule has 0 aliphatic rings. The number of ether oxygens (including phenoxy) is 1. The summed E-state index contributed by atoms with van der Waals surface area (Å²) in [4.78, 5) is 0. The number of methoxy groups -OCH3 is 1. The maximum absolute atomic E-state index is 8.98. The lowest BCUT2D eigenvalue weighted by atomic mass is 10.2. The number of aromatic nitrogens is 5. The largest absolute Gasteiger partial charge is 0.377 e. The number of nitrogens with zero attached hydrogens (tertiary/aromatic N) is 6. The van der Waals surface area contributed by atoms with Gasteiger partial charge in [-0.3, -0.25) is 0 Å². The van der Waals surface area contributed by atoms with Gasteiger partial charge >= 0.3 is 0 Å². The number of nitriles is 1. The summed E-state index contributed by atoms with van der Waals surface area (Å²) < 4.78 is 6.57. The van der Waals surface area contributed by atoms with Crippen molar-refractivity contribution in [3.05, 3.63) is 16.4 Å². The molecular formula is C10H12N6OS. The lowest BCUT2D eigenvalue weighted by Gasteiger charge is -1.99. The second-order valence-electron chi connectivity index (χ2n) is 3.57. The van der Waals surface area contributed by atoms with Crippen LogP contribution in [0.1, 0.15) is 29.7 Å². The lowest BCUT2D eigenvalue weighted by Crippen LogP contribution is -2.02. The van der Waals surface area contributed by atoms with Gasteiger partial charge in [0.15, 0.2) is 5.69 Å². The molecule has 8 heteroatoms. The van der Waals surface area contributed by atoms with Crippen LogP contribution >= 0.6 is 11.3 Å². The second-order valence-corrected chi connectivity index (χ2v) is 4.61. The highest BCUT2D eigenvalue weighted by atomic mass is 32.1. The van der Waals surface area contributed by atoms with Crippen LogP contribution in [0.4, 0.5) is 0 Å². The van der Waals surface area contributed by atoms with Crippen molar-refractivity contribution in [1.29, 1.82) is 5.26 Å². The molecule has 18 heavy (non-hydrogen) atoms. The highest BCUT2D eigenvalue weighted by Crippen LogP contribution is 2.18. The van der Waals surface area contributed by atoms with E-state index in [1.54, 1.807) is 11.8 Å². The fourth-order valence-corrected chi connectivity index (χ4v) is 2.30. The van der Waals surface area contributed by atoms with Crippen LogP contribution in [-0.4, -0.2) is 32.3 Å². The number of rotatable bonds is 5. The minimum Gasteiger partial charge on any atom is -0.377 e. The SMILES string of the molecule is CCCc1c(C#N)nnn1-c1nnc(COC)s1. The minimum absolute atomic E-state index is 0.348. The molecular weight excluding hydrogens is 252 g/mol. The highest BCUT2D eigenvalue weighted by Gasteiger charge is 2.16. The van der Waals surface area contributed by atoms with E-state index in [1.807, 2.05) is 13.0 Å². The van der Waals surface area contributed by atoms with E-state index in [9.17, 15) is 0 Å². The van der Waals surface area contributed by atoms with E-state index in [4.69, 9.17) is 10.00 Å². The smallest absolute Gasteiger partial charge is 0.234 e. The van der Waals surface area contributed by atoms with Gasteiger partial charge < -0.3 is 4.74 Å². The van der Waals surface area contributed by atoms with Gasteiger partial charge in [-0.25, -0.2) is 0 Å². The molecule has 2 aromatic rings. The quantitative estimate of drug-likeness (QED) is 0.803. The molecule has 0 aromatic carbocycles. The van der Waals surface area contributed by atoms with Gasteiger partial charge in [0.05, 0.1) is 5.69 Å². The highest BCUT2D eigenvalue weighted by molar-refractivity contribution is 7.13. The van der Waals surface area contributed by atoms with E-state index in [-0.39, 0.29) is 0 Å². The third-order valence-corrected chi connectivity index (χ3v) is 3.13. The van der Waals surface area contributed by atoms with Gasteiger partial charge in [0.25, 0.3) is 0 Å². The molecule has 0 aliphatic heterocycles. The zero-order valence-corrected chi connectivity index (χ0v) is 10.9. The first-order valence-corrected chi connectivity index (χ1v) is 6.28. The molecule has 0 bridgehead atoms. The Morgan fingerprint density at radius 3 is 2.89 bits per heavy atom. The zero-order chi connectivity index (χ0) is 13.0. The summed E-state index contributed by atoms with van der Waals surface area (Å²) >= 11 is 1.38. The fourth-order valence-electron chi connectivity index (χ4n) is 1.52. The van der Waals surface area contributed by atoms with Gasteiger partial charge in [0.1, 0.15) is 17.7 Å². The Kier molecular flexibility index (Phi) is 3.96. The van der Waals surface area contributed by atoms with Crippen LogP contribution < -0.4 is 0 Å². The Morgan fingerprint density at radius 2 is 2.22 bits per heavy atom. The van der Waals surface area contributed by atoms with Crippen LogP contribution in [0.5, 0.6) is 0 Å². The molecule has 0 atom stereocenters. The maximum Gasteiger partial charge on any atom is 0.234 e. The van der Waals surface area contributed by atoms with Crippen LogP contribution in [0.25, 0.3) is 5.13 Å². The predicted octanol–water partition coefficient (Wildman–Crippen LogP) is 1.09. The Labute approximate surface area is 108 Å². The normalized spacial score (nSPS) is 10.5. The first-order valence-electron chi connectivity index (χ1n) is 5.46. The Morgan fingerprint density at radius 1 is 1.39 bits per heavy atom. The Balaban J connectivity index is 2.37. The molecule has 0 aliphatic carbocycles. The lowest BCUT2D eigenvalue weighted by molar-refractivity contribution is 0.184. The molecule has 0 N–H and O–H groups in total. The second kappa shape index (κ2) is 5.66.